The van der Waals surface area contributed by atoms with Crippen molar-refractivity contribution in [3.05, 3.63) is 69.7 Å². The van der Waals surface area contributed by atoms with E-state index in [1.54, 1.807) is 50.8 Å². The summed E-state index contributed by atoms with van der Waals surface area (Å²) in [7, 11) is 3.28. The minimum Gasteiger partial charge on any atom is -0.444 e. The van der Waals surface area contributed by atoms with Gasteiger partial charge in [-0.25, -0.2) is 14.6 Å². The van der Waals surface area contributed by atoms with Crippen LogP contribution in [0.5, 0.6) is 0 Å². The van der Waals surface area contributed by atoms with Crippen LogP contribution in [0.25, 0.3) is 11.4 Å². The molecule has 1 aromatic heterocycles. The summed E-state index contributed by atoms with van der Waals surface area (Å²) in [5.74, 6) is -0.794. The van der Waals surface area contributed by atoms with Gasteiger partial charge in [0.25, 0.3) is 5.91 Å². The molecule has 0 aliphatic carbocycles. The van der Waals surface area contributed by atoms with Crippen LogP contribution >= 0.6 is 0 Å². The summed E-state index contributed by atoms with van der Waals surface area (Å²) in [6.07, 6.45) is -0.485. The number of aromatic nitrogens is 2. The number of fused-ring (bicyclic) bond motifs is 1. The van der Waals surface area contributed by atoms with E-state index in [0.717, 1.165) is 16.7 Å². The first-order chi connectivity index (χ1) is 21.6. The molecule has 0 spiro atoms. The van der Waals surface area contributed by atoms with Crippen molar-refractivity contribution in [2.24, 2.45) is 7.05 Å². The number of ether oxygens (including phenoxy) is 1. The molecule has 0 atom stereocenters. The zero-order valence-corrected chi connectivity index (χ0v) is 28.0. The third-order valence-electron chi connectivity index (χ3n) is 7.88. The van der Waals surface area contributed by atoms with Crippen LogP contribution in [0.15, 0.2) is 51.8 Å². The van der Waals surface area contributed by atoms with E-state index in [1.807, 2.05) is 62.2 Å². The fourth-order valence-corrected chi connectivity index (χ4v) is 5.12. The maximum Gasteiger partial charge on any atom is 0.441 e. The number of likely N-dealkylation sites (N-methyl/N-ethyl adjacent to an activating group) is 1. The number of carbonyl (C=O) groups is 3. The highest BCUT2D eigenvalue weighted by Gasteiger charge is 2.29. The van der Waals surface area contributed by atoms with Gasteiger partial charge < -0.3 is 19.9 Å². The van der Waals surface area contributed by atoms with Gasteiger partial charge in [-0.2, -0.15) is 0 Å². The van der Waals surface area contributed by atoms with E-state index < -0.39 is 17.5 Å². The fourth-order valence-electron chi connectivity index (χ4n) is 5.12. The van der Waals surface area contributed by atoms with Gasteiger partial charge in [0, 0.05) is 57.6 Å². The van der Waals surface area contributed by atoms with E-state index in [2.05, 4.69) is 10.5 Å². The molecule has 2 heterocycles. The Morgan fingerprint density at radius 1 is 1.04 bits per heavy atom. The average molecular weight is 636 g/mol. The molecule has 248 valence electrons. The summed E-state index contributed by atoms with van der Waals surface area (Å²) in [6, 6.07) is 13.3. The molecule has 0 unspecified atom stereocenters. The molecule has 3 amide bonds. The Labute approximate surface area is 269 Å². The minimum absolute atomic E-state index is 0.109. The highest BCUT2D eigenvalue weighted by atomic mass is 16.6. The number of benzene rings is 2. The number of rotatable bonds is 11. The number of anilines is 1. The van der Waals surface area contributed by atoms with Crippen molar-refractivity contribution in [1.29, 1.82) is 0 Å². The lowest BCUT2D eigenvalue weighted by molar-refractivity contribution is -0.151. The van der Waals surface area contributed by atoms with Gasteiger partial charge in [0.2, 0.25) is 5.91 Å². The van der Waals surface area contributed by atoms with Crippen molar-refractivity contribution >= 4 is 23.6 Å². The Balaban J connectivity index is 1.50. The maximum atomic E-state index is 13.8. The van der Waals surface area contributed by atoms with Crippen LogP contribution < -0.4 is 11.1 Å². The Hall–Kier alpha value is -4.65. The van der Waals surface area contributed by atoms with Crippen molar-refractivity contribution in [2.75, 3.05) is 38.5 Å². The topological polar surface area (TPSA) is 133 Å². The minimum atomic E-state index is -0.680. The van der Waals surface area contributed by atoms with Gasteiger partial charge in [-0.1, -0.05) is 41.6 Å². The lowest BCUT2D eigenvalue weighted by Gasteiger charge is -2.33. The lowest BCUT2D eigenvalue weighted by Crippen LogP contribution is -2.51. The number of hydrogen-bond donors (Lipinski definition) is 1. The molecule has 0 saturated heterocycles. The number of nitrogens with one attached hydrogen (secondary N) is 1. The van der Waals surface area contributed by atoms with Gasteiger partial charge in [0.15, 0.2) is 5.82 Å². The quantitative estimate of drug-likeness (QED) is 0.335. The normalized spacial score (nSPS) is 13.0. The molecule has 3 aromatic rings. The first kappa shape index (κ1) is 34.2. The number of amides is 3. The van der Waals surface area contributed by atoms with Crippen molar-refractivity contribution in [1.82, 2.24) is 29.5 Å². The van der Waals surface area contributed by atoms with Gasteiger partial charge >= 0.3 is 11.8 Å². The van der Waals surface area contributed by atoms with Crippen molar-refractivity contribution in [3.63, 3.8) is 0 Å². The van der Waals surface area contributed by atoms with Crippen molar-refractivity contribution in [2.45, 2.75) is 66.3 Å². The van der Waals surface area contributed by atoms with Crippen molar-refractivity contribution in [3.8, 4) is 11.4 Å². The van der Waals surface area contributed by atoms with E-state index in [9.17, 15) is 19.2 Å². The van der Waals surface area contributed by atoms with Gasteiger partial charge in [-0.3, -0.25) is 23.7 Å². The molecular formula is C33H45N7O6. The van der Waals surface area contributed by atoms with Gasteiger partial charge in [-0.05, 0) is 64.3 Å². The van der Waals surface area contributed by atoms with E-state index in [-0.39, 0.29) is 44.0 Å². The number of hydrogen-bond acceptors (Lipinski definition) is 9. The first-order valence-electron chi connectivity index (χ1n) is 15.4. The highest BCUT2D eigenvalue weighted by Crippen LogP contribution is 2.25. The van der Waals surface area contributed by atoms with Gasteiger partial charge in [0.05, 0.1) is 6.54 Å². The molecule has 0 saturated carbocycles. The Bertz CT molecular complexity index is 1600. The zero-order valence-electron chi connectivity index (χ0n) is 28.0. The first-order valence-corrected chi connectivity index (χ1v) is 15.4. The van der Waals surface area contributed by atoms with Crippen LogP contribution in [0.2, 0.25) is 0 Å². The van der Waals surface area contributed by atoms with E-state index in [0.29, 0.717) is 30.2 Å². The summed E-state index contributed by atoms with van der Waals surface area (Å²) >= 11 is 0. The monoisotopic (exact) mass is 635 g/mol. The fraction of sp³-hybridized carbons (Fsp3) is 0.485. The summed E-state index contributed by atoms with van der Waals surface area (Å²) < 4.78 is 11.7. The molecule has 46 heavy (non-hydrogen) atoms. The predicted molar refractivity (Wildman–Crippen MR) is 174 cm³/mol. The van der Waals surface area contributed by atoms with E-state index in [1.165, 1.54) is 9.47 Å². The molecule has 13 heteroatoms. The molecule has 0 bridgehead atoms. The van der Waals surface area contributed by atoms with Gasteiger partial charge in [0.1, 0.15) is 12.1 Å². The van der Waals surface area contributed by atoms with Crippen LogP contribution in [0.4, 0.5) is 10.5 Å². The Morgan fingerprint density at radius 3 is 2.26 bits per heavy atom. The largest absolute Gasteiger partial charge is 0.444 e. The summed E-state index contributed by atoms with van der Waals surface area (Å²) in [5, 5.41) is 10.5. The third kappa shape index (κ3) is 8.33. The average Bonchev–Trinajstić information content (AvgIpc) is 3.57. The summed E-state index contributed by atoms with van der Waals surface area (Å²) in [6.45, 7) is 12.3. The molecule has 1 aliphatic heterocycles. The molecule has 2 aromatic carbocycles. The van der Waals surface area contributed by atoms with Crippen LogP contribution in [-0.2, 0) is 34.5 Å². The van der Waals surface area contributed by atoms with E-state index in [4.69, 9.17) is 9.26 Å². The second-order valence-corrected chi connectivity index (χ2v) is 12.8. The third-order valence-corrected chi connectivity index (χ3v) is 7.88. The van der Waals surface area contributed by atoms with Gasteiger partial charge in [-0.15, -0.1) is 0 Å². The molecular weight excluding hydrogens is 590 g/mol. The smallest absolute Gasteiger partial charge is 0.441 e. The molecule has 1 N–H and O–H groups in total. The molecule has 0 fully saturated rings. The standard InChI is InChI=1S/C33H45N7O6/c1-22(2)40(32(44)45-33(4,5)6)16-15-38(21-29(42)37(8)39-19-25-11-9-10-12-26(25)20-39)28(41)18-34-27-17-24(14-13-23(27)3)30-35-46-31(43)36(30)7/h9-14,17,22,34H,15-16,18-21H2,1-8H3. The lowest BCUT2D eigenvalue weighted by atomic mass is 10.1. The Kier molecular flexibility index (Phi) is 10.6. The molecule has 0 radical (unpaired) electrons. The number of hydrazine groups is 1. The van der Waals surface area contributed by atoms with Crippen LogP contribution in [0, 0.1) is 6.92 Å². The number of carbonyl (C=O) groups excluding carboxylic acids is 3. The SMILES string of the molecule is Cc1ccc(-c2noc(=O)n2C)cc1NCC(=O)N(CCN(C(=O)OC(C)(C)C)C(C)C)CC(=O)N(C)N1Cc2ccccc2C1. The van der Waals surface area contributed by atoms with E-state index >= 15 is 0 Å². The predicted octanol–water partition coefficient (Wildman–Crippen LogP) is 3.62. The highest BCUT2D eigenvalue weighted by molar-refractivity contribution is 5.87. The molecule has 4 rings (SSSR count). The van der Waals surface area contributed by atoms with Crippen LogP contribution in [0.3, 0.4) is 0 Å². The molecule has 1 aliphatic rings. The maximum absolute atomic E-state index is 13.8. The second kappa shape index (κ2) is 14.2. The summed E-state index contributed by atoms with van der Waals surface area (Å²) in [5.41, 5.74) is 3.81. The van der Waals surface area contributed by atoms with Crippen LogP contribution in [0.1, 0.15) is 51.3 Å². The Morgan fingerprint density at radius 2 is 1.70 bits per heavy atom. The summed E-state index contributed by atoms with van der Waals surface area (Å²) in [4.78, 5) is 55.1. The molecule has 13 nitrogen and oxygen atoms in total. The van der Waals surface area contributed by atoms with Crippen LogP contribution in [-0.4, -0.2) is 92.3 Å². The van der Waals surface area contributed by atoms with Crippen molar-refractivity contribution < 1.29 is 23.6 Å². The number of nitrogens with zero attached hydrogens (tertiary/aromatic N) is 6. The zero-order chi connectivity index (χ0) is 33.8. The number of aryl methyl sites for hydroxylation is 1. The second-order valence-electron chi connectivity index (χ2n) is 12.8.